The normalized spacial score (nSPS) is 18.8. The summed E-state index contributed by atoms with van der Waals surface area (Å²) in [5.74, 6) is 0. The molecule has 0 spiro atoms. The van der Waals surface area contributed by atoms with Gasteiger partial charge in [0.1, 0.15) is 0 Å². The van der Waals surface area contributed by atoms with Crippen LogP contribution in [0.5, 0.6) is 0 Å². The van der Waals surface area contributed by atoms with Crippen LogP contribution in [0.2, 0.25) is 0 Å². The summed E-state index contributed by atoms with van der Waals surface area (Å²) in [5.41, 5.74) is 11.7. The maximum Gasteiger partial charge on any atom is 0.00388 e. The van der Waals surface area contributed by atoms with Crippen LogP contribution in [0.4, 0.5) is 0 Å². The summed E-state index contributed by atoms with van der Waals surface area (Å²) in [4.78, 5) is 1.14. The van der Waals surface area contributed by atoms with Crippen molar-refractivity contribution in [1.82, 2.24) is 0 Å². The van der Waals surface area contributed by atoms with Crippen LogP contribution in [0.25, 0.3) is 5.57 Å². The molecule has 0 amide bonds. The van der Waals surface area contributed by atoms with Crippen LogP contribution in [0.15, 0.2) is 35.1 Å². The Morgan fingerprint density at radius 3 is 2.29 bits per heavy atom. The molecule has 2 aliphatic carbocycles. The van der Waals surface area contributed by atoms with Crippen molar-refractivity contribution in [2.75, 3.05) is 0 Å². The summed E-state index contributed by atoms with van der Waals surface area (Å²) < 4.78 is 0. The van der Waals surface area contributed by atoms with Crippen molar-refractivity contribution in [2.45, 2.75) is 104 Å². The van der Waals surface area contributed by atoms with Crippen molar-refractivity contribution < 1.29 is 0 Å². The van der Waals surface area contributed by atoms with Gasteiger partial charge in [0.05, 0.1) is 0 Å². The fraction of sp³-hybridized carbons (Fsp3) is 0.615. The lowest BCUT2D eigenvalue weighted by atomic mass is 9.72. The Hall–Kier alpha value is -0.990. The quantitative estimate of drug-likeness (QED) is 0.552. The largest absolute Gasteiger partial charge is 0.328 e. The second kappa shape index (κ2) is 12.5. The third-order valence-corrected chi connectivity index (χ3v) is 6.50. The lowest BCUT2D eigenvalue weighted by Gasteiger charge is -2.33. The summed E-state index contributed by atoms with van der Waals surface area (Å²) in [6.07, 6.45) is 10.5. The average molecular weight is 402 g/mol. The van der Waals surface area contributed by atoms with E-state index in [1.807, 2.05) is 20.8 Å². The van der Waals surface area contributed by atoms with E-state index in [2.05, 4.69) is 51.0 Å². The van der Waals surface area contributed by atoms with Crippen LogP contribution >= 0.6 is 11.8 Å². The number of fused-ring (bicyclic) bond motifs is 1. The fourth-order valence-corrected chi connectivity index (χ4v) is 4.43. The van der Waals surface area contributed by atoms with E-state index in [4.69, 9.17) is 5.73 Å². The number of hydrogen-bond acceptors (Lipinski definition) is 2. The molecule has 0 aliphatic heterocycles. The maximum atomic E-state index is 5.63. The van der Waals surface area contributed by atoms with Crippen molar-refractivity contribution in [3.8, 4) is 0 Å². The molecule has 1 nitrogen and oxygen atoms in total. The van der Waals surface area contributed by atoms with E-state index >= 15 is 0 Å². The predicted molar refractivity (Wildman–Crippen MR) is 131 cm³/mol. The lowest BCUT2D eigenvalue weighted by molar-refractivity contribution is 0.432. The zero-order valence-electron chi connectivity index (χ0n) is 19.2. The molecule has 0 bridgehead atoms. The second-order valence-electron chi connectivity index (χ2n) is 8.63. The van der Waals surface area contributed by atoms with Crippen LogP contribution in [0.1, 0.15) is 103 Å². The monoisotopic (exact) mass is 401 g/mol. The summed E-state index contributed by atoms with van der Waals surface area (Å²) in [6.45, 7) is 16.9. The second-order valence-corrected chi connectivity index (χ2v) is 9.80. The number of benzene rings is 1. The zero-order valence-corrected chi connectivity index (χ0v) is 20.1. The molecule has 1 aromatic rings. The van der Waals surface area contributed by atoms with Crippen molar-refractivity contribution in [3.63, 3.8) is 0 Å². The Kier molecular flexibility index (Phi) is 11.2. The molecule has 1 fully saturated rings. The zero-order chi connectivity index (χ0) is 21.2. The molecule has 0 radical (unpaired) electrons. The average Bonchev–Trinajstić information content (AvgIpc) is 2.68. The first-order valence-electron chi connectivity index (χ1n) is 11.2. The summed E-state index contributed by atoms with van der Waals surface area (Å²) in [5, 5.41) is 2.21. The van der Waals surface area contributed by atoms with Gasteiger partial charge in [0.2, 0.25) is 0 Å². The molecule has 3 rings (SSSR count). The lowest BCUT2D eigenvalue weighted by Crippen LogP contribution is -2.23. The Bertz CT molecular complexity index is 636. The first kappa shape index (κ1) is 25.0. The van der Waals surface area contributed by atoms with Gasteiger partial charge in [-0.05, 0) is 83.9 Å². The van der Waals surface area contributed by atoms with E-state index in [1.165, 1.54) is 62.5 Å². The number of nitrogens with two attached hydrogens (primary N) is 1. The van der Waals surface area contributed by atoms with Gasteiger partial charge in [0.25, 0.3) is 0 Å². The minimum atomic E-state index is 0.325. The number of aryl methyl sites for hydroxylation is 1. The molecule has 0 saturated heterocycles. The van der Waals surface area contributed by atoms with Crippen LogP contribution in [-0.2, 0) is 11.8 Å². The van der Waals surface area contributed by atoms with Crippen LogP contribution in [0, 0.1) is 0 Å². The molecule has 1 aromatic carbocycles. The fourth-order valence-electron chi connectivity index (χ4n) is 3.92. The standard InChI is InChI=1S/C18H24S.C6H13N.C2H6/c1-13(2)19-12-14(3)16-9-8-15-7-6-10-18(4,5)17(15)11-16;7-6-4-2-1-3-5-6;1-2/h8-9,11-12H,1,6-7,10H2,2-5H3;6H,1-5,7H2;1-2H3/b14-12+;;. The maximum absolute atomic E-state index is 5.63. The van der Waals surface area contributed by atoms with Gasteiger partial charge in [0, 0.05) is 6.04 Å². The molecular formula is C26H43NS. The molecule has 0 aromatic heterocycles. The van der Waals surface area contributed by atoms with Crippen LogP contribution < -0.4 is 5.73 Å². The van der Waals surface area contributed by atoms with Crippen molar-refractivity contribution in [3.05, 3.63) is 51.8 Å². The number of rotatable bonds is 3. The molecule has 0 atom stereocenters. The number of allylic oxidation sites excluding steroid dienone is 2. The van der Waals surface area contributed by atoms with E-state index in [-0.39, 0.29) is 0 Å². The molecule has 2 N–H and O–H groups in total. The molecule has 2 aliphatic rings. The summed E-state index contributed by atoms with van der Waals surface area (Å²) >= 11 is 1.72. The van der Waals surface area contributed by atoms with E-state index in [1.54, 1.807) is 22.9 Å². The first-order valence-corrected chi connectivity index (χ1v) is 12.1. The molecule has 158 valence electrons. The van der Waals surface area contributed by atoms with E-state index in [0.717, 1.165) is 4.91 Å². The highest BCUT2D eigenvalue weighted by molar-refractivity contribution is 8.05. The highest BCUT2D eigenvalue weighted by atomic mass is 32.2. The van der Waals surface area contributed by atoms with Gasteiger partial charge in [0.15, 0.2) is 0 Å². The number of hydrogen-bond donors (Lipinski definition) is 1. The van der Waals surface area contributed by atoms with Gasteiger partial charge in [-0.2, -0.15) is 0 Å². The smallest absolute Gasteiger partial charge is 0.00388 e. The van der Waals surface area contributed by atoms with E-state index in [9.17, 15) is 0 Å². The van der Waals surface area contributed by atoms with Crippen LogP contribution in [-0.4, -0.2) is 6.04 Å². The van der Waals surface area contributed by atoms with E-state index < -0.39 is 0 Å². The van der Waals surface area contributed by atoms with Gasteiger partial charge in [-0.3, -0.25) is 0 Å². The number of thioether (sulfide) groups is 1. The molecular weight excluding hydrogens is 358 g/mol. The Morgan fingerprint density at radius 2 is 1.75 bits per heavy atom. The van der Waals surface area contributed by atoms with Gasteiger partial charge in [-0.1, -0.05) is 71.7 Å². The minimum absolute atomic E-state index is 0.325. The first-order chi connectivity index (χ1) is 13.3. The summed E-state index contributed by atoms with van der Waals surface area (Å²) in [7, 11) is 0. The summed E-state index contributed by atoms with van der Waals surface area (Å²) in [6, 6.07) is 7.53. The van der Waals surface area contributed by atoms with Gasteiger partial charge in [-0.25, -0.2) is 0 Å². The third kappa shape index (κ3) is 8.17. The molecule has 0 heterocycles. The highest BCUT2D eigenvalue weighted by Gasteiger charge is 2.27. The van der Waals surface area contributed by atoms with Crippen molar-refractivity contribution >= 4 is 17.3 Å². The molecule has 1 saturated carbocycles. The molecule has 28 heavy (non-hydrogen) atoms. The van der Waals surface area contributed by atoms with Crippen molar-refractivity contribution in [1.29, 1.82) is 0 Å². The van der Waals surface area contributed by atoms with Gasteiger partial charge >= 0.3 is 0 Å². The SMILES string of the molecule is C=C(C)S/C=C(\C)c1ccc2c(c1)C(C)(C)CCC2.CC.NC1CCCCC1. The van der Waals surface area contributed by atoms with Crippen LogP contribution in [0.3, 0.4) is 0 Å². The minimum Gasteiger partial charge on any atom is -0.328 e. The predicted octanol–water partition coefficient (Wildman–Crippen LogP) is 8.23. The topological polar surface area (TPSA) is 26.0 Å². The molecule has 0 unspecified atom stereocenters. The Balaban J connectivity index is 0.000000363. The van der Waals surface area contributed by atoms with E-state index in [0.29, 0.717) is 11.5 Å². The third-order valence-electron chi connectivity index (χ3n) is 5.63. The Labute approximate surface area is 179 Å². The van der Waals surface area contributed by atoms with Gasteiger partial charge in [-0.15, -0.1) is 11.8 Å². The van der Waals surface area contributed by atoms with Gasteiger partial charge < -0.3 is 5.73 Å². The molecule has 2 heteroatoms. The highest BCUT2D eigenvalue weighted by Crippen LogP contribution is 2.38. The Morgan fingerprint density at radius 1 is 1.11 bits per heavy atom. The van der Waals surface area contributed by atoms with Crippen molar-refractivity contribution in [2.24, 2.45) is 5.73 Å².